The highest BCUT2D eigenvalue weighted by atomic mass is 127. The second-order valence-corrected chi connectivity index (χ2v) is 8.57. The molecule has 1 saturated heterocycles. The molecule has 1 aromatic carbocycles. The highest BCUT2D eigenvalue weighted by molar-refractivity contribution is 14.0. The minimum absolute atomic E-state index is 0. The Morgan fingerprint density at radius 1 is 1.00 bits per heavy atom. The van der Waals surface area contributed by atoms with Gasteiger partial charge in [0, 0.05) is 32.1 Å². The summed E-state index contributed by atoms with van der Waals surface area (Å²) in [5, 5.41) is 9.73. The maximum Gasteiger partial charge on any atom is 0.221 e. The van der Waals surface area contributed by atoms with E-state index < -0.39 is 0 Å². The first-order valence-electron chi connectivity index (χ1n) is 11.8. The molecule has 0 unspecified atom stereocenters. The zero-order valence-electron chi connectivity index (χ0n) is 19.0. The van der Waals surface area contributed by atoms with Crippen molar-refractivity contribution < 1.29 is 4.79 Å². The number of aliphatic imine (C=N–C) groups is 1. The Morgan fingerprint density at radius 3 is 2.35 bits per heavy atom. The van der Waals surface area contributed by atoms with Crippen LogP contribution in [0.4, 0.5) is 0 Å². The molecule has 7 heteroatoms. The number of hydrogen-bond donors (Lipinski definition) is 3. The molecule has 0 atom stereocenters. The van der Waals surface area contributed by atoms with Crippen molar-refractivity contribution in [2.24, 2.45) is 4.99 Å². The maximum absolute atomic E-state index is 12.2. The van der Waals surface area contributed by atoms with Gasteiger partial charge >= 0.3 is 0 Å². The number of rotatable bonds is 9. The highest BCUT2D eigenvalue weighted by Crippen LogP contribution is 2.17. The Morgan fingerprint density at radius 2 is 1.68 bits per heavy atom. The van der Waals surface area contributed by atoms with Crippen molar-refractivity contribution in [3.63, 3.8) is 0 Å². The molecule has 3 N–H and O–H groups in total. The number of nitrogens with zero attached hydrogens (tertiary/aromatic N) is 2. The first-order valence-corrected chi connectivity index (χ1v) is 11.8. The molecule has 0 aromatic heterocycles. The van der Waals surface area contributed by atoms with Crippen molar-refractivity contribution in [1.82, 2.24) is 20.9 Å². The van der Waals surface area contributed by atoms with E-state index in [1.807, 2.05) is 0 Å². The van der Waals surface area contributed by atoms with Crippen LogP contribution in [0.25, 0.3) is 0 Å². The number of hydrogen-bond acceptors (Lipinski definition) is 3. The van der Waals surface area contributed by atoms with Gasteiger partial charge in [-0.15, -0.1) is 24.0 Å². The van der Waals surface area contributed by atoms with Crippen LogP contribution in [0.2, 0.25) is 0 Å². The first kappa shape index (κ1) is 25.9. The van der Waals surface area contributed by atoms with Crippen LogP contribution >= 0.6 is 24.0 Å². The lowest BCUT2D eigenvalue weighted by Crippen LogP contribution is -2.41. The lowest BCUT2D eigenvalue weighted by Gasteiger charge is -2.22. The molecule has 2 fully saturated rings. The standard InChI is InChI=1S/C24H39N5O.HI/c1-2-25-24(26-15-14-23(30)28-22-8-4-3-5-9-22)27-18-20-10-12-21(13-11-20)19-29-16-6-7-17-29;/h10-13,22H,2-9,14-19H2,1H3,(H,28,30)(H2,25,26,27);1H. The lowest BCUT2D eigenvalue weighted by atomic mass is 9.95. The van der Waals surface area contributed by atoms with Crippen molar-refractivity contribution in [3.8, 4) is 0 Å². The summed E-state index contributed by atoms with van der Waals surface area (Å²) in [5.41, 5.74) is 2.58. The Labute approximate surface area is 205 Å². The molecule has 1 aliphatic carbocycles. The highest BCUT2D eigenvalue weighted by Gasteiger charge is 2.15. The summed E-state index contributed by atoms with van der Waals surface area (Å²) >= 11 is 0. The number of halogens is 1. The predicted octanol–water partition coefficient (Wildman–Crippen LogP) is 3.79. The fourth-order valence-electron chi connectivity index (χ4n) is 4.30. The number of carbonyl (C=O) groups is 1. The third-order valence-electron chi connectivity index (χ3n) is 6.01. The fourth-order valence-corrected chi connectivity index (χ4v) is 4.30. The topological polar surface area (TPSA) is 68.8 Å². The molecule has 1 amide bonds. The summed E-state index contributed by atoms with van der Waals surface area (Å²) in [6, 6.07) is 9.17. The van der Waals surface area contributed by atoms with Crippen molar-refractivity contribution in [2.45, 2.75) is 77.4 Å². The van der Waals surface area contributed by atoms with Gasteiger partial charge in [-0.05, 0) is 56.8 Å². The van der Waals surface area contributed by atoms with Crippen molar-refractivity contribution in [3.05, 3.63) is 35.4 Å². The fraction of sp³-hybridized carbons (Fsp3) is 0.667. The molecule has 0 bridgehead atoms. The van der Waals surface area contributed by atoms with Gasteiger partial charge < -0.3 is 16.0 Å². The molecular formula is C24H40IN5O. The Bertz CT molecular complexity index is 667. The number of guanidine groups is 1. The van der Waals surface area contributed by atoms with E-state index in [2.05, 4.69) is 57.0 Å². The molecule has 0 spiro atoms. The van der Waals surface area contributed by atoms with Crippen LogP contribution in [0.3, 0.4) is 0 Å². The third kappa shape index (κ3) is 9.76. The van der Waals surface area contributed by atoms with Gasteiger partial charge in [0.2, 0.25) is 5.91 Å². The molecule has 3 rings (SSSR count). The number of benzene rings is 1. The summed E-state index contributed by atoms with van der Waals surface area (Å²) in [6.45, 7) is 7.59. The van der Waals surface area contributed by atoms with Gasteiger partial charge in [0.25, 0.3) is 0 Å². The maximum atomic E-state index is 12.2. The molecule has 1 heterocycles. The molecular weight excluding hydrogens is 501 g/mol. The minimum atomic E-state index is 0. The van der Waals surface area contributed by atoms with E-state index >= 15 is 0 Å². The number of amides is 1. The van der Waals surface area contributed by atoms with Crippen molar-refractivity contribution >= 4 is 35.8 Å². The van der Waals surface area contributed by atoms with E-state index in [0.717, 1.165) is 31.9 Å². The molecule has 6 nitrogen and oxygen atoms in total. The Hall–Kier alpha value is -1.35. The Balaban J connectivity index is 0.00000341. The summed E-state index contributed by atoms with van der Waals surface area (Å²) in [6.07, 6.45) is 9.16. The van der Waals surface area contributed by atoms with Crippen LogP contribution in [-0.4, -0.2) is 49.0 Å². The summed E-state index contributed by atoms with van der Waals surface area (Å²) in [4.78, 5) is 19.4. The van der Waals surface area contributed by atoms with Crippen LogP contribution < -0.4 is 16.0 Å². The van der Waals surface area contributed by atoms with Crippen LogP contribution in [0.15, 0.2) is 29.3 Å². The van der Waals surface area contributed by atoms with E-state index in [-0.39, 0.29) is 29.9 Å². The summed E-state index contributed by atoms with van der Waals surface area (Å²) < 4.78 is 0. The Kier molecular flexibility index (Phi) is 12.3. The minimum Gasteiger partial charge on any atom is -0.357 e. The molecule has 1 saturated carbocycles. The van der Waals surface area contributed by atoms with Gasteiger partial charge in [-0.3, -0.25) is 9.69 Å². The lowest BCUT2D eigenvalue weighted by molar-refractivity contribution is -0.121. The van der Waals surface area contributed by atoms with Crippen LogP contribution in [-0.2, 0) is 17.9 Å². The van der Waals surface area contributed by atoms with Gasteiger partial charge in [-0.1, -0.05) is 43.5 Å². The molecule has 2 aliphatic rings. The summed E-state index contributed by atoms with van der Waals surface area (Å²) in [7, 11) is 0. The van der Waals surface area contributed by atoms with Crippen LogP contribution in [0, 0.1) is 0 Å². The van der Waals surface area contributed by atoms with E-state index in [9.17, 15) is 4.79 Å². The van der Waals surface area contributed by atoms with Crippen LogP contribution in [0.5, 0.6) is 0 Å². The smallest absolute Gasteiger partial charge is 0.221 e. The second-order valence-electron chi connectivity index (χ2n) is 8.57. The van der Waals surface area contributed by atoms with Gasteiger partial charge in [0.05, 0.1) is 6.54 Å². The molecule has 1 aliphatic heterocycles. The molecule has 31 heavy (non-hydrogen) atoms. The van der Waals surface area contributed by atoms with Gasteiger partial charge in [-0.2, -0.15) is 0 Å². The van der Waals surface area contributed by atoms with E-state index in [1.165, 1.54) is 56.3 Å². The number of carbonyl (C=O) groups excluding carboxylic acids is 1. The van der Waals surface area contributed by atoms with E-state index in [4.69, 9.17) is 0 Å². The zero-order valence-corrected chi connectivity index (χ0v) is 21.3. The largest absolute Gasteiger partial charge is 0.357 e. The van der Waals surface area contributed by atoms with Crippen molar-refractivity contribution in [1.29, 1.82) is 0 Å². The quantitative estimate of drug-likeness (QED) is 0.253. The monoisotopic (exact) mass is 541 g/mol. The van der Waals surface area contributed by atoms with Gasteiger partial charge in [-0.25, -0.2) is 4.99 Å². The average molecular weight is 542 g/mol. The summed E-state index contributed by atoms with van der Waals surface area (Å²) in [5.74, 6) is 0.906. The van der Waals surface area contributed by atoms with Crippen molar-refractivity contribution in [2.75, 3.05) is 26.2 Å². The van der Waals surface area contributed by atoms with Gasteiger partial charge in [0.1, 0.15) is 0 Å². The van der Waals surface area contributed by atoms with E-state index in [1.54, 1.807) is 0 Å². The molecule has 0 radical (unpaired) electrons. The second kappa shape index (κ2) is 14.7. The zero-order chi connectivity index (χ0) is 21.0. The molecule has 1 aromatic rings. The van der Waals surface area contributed by atoms with Crippen LogP contribution in [0.1, 0.15) is 69.4 Å². The van der Waals surface area contributed by atoms with Gasteiger partial charge in [0.15, 0.2) is 5.96 Å². The molecule has 174 valence electrons. The normalized spacial score (nSPS) is 17.8. The first-order chi connectivity index (χ1) is 14.7. The SMILES string of the molecule is CCNC(=NCc1ccc(CN2CCCC2)cc1)NCCC(=O)NC1CCCCC1.I. The number of likely N-dealkylation sites (tertiary alicyclic amines) is 1. The predicted molar refractivity (Wildman–Crippen MR) is 139 cm³/mol. The van der Waals surface area contributed by atoms with E-state index in [0.29, 0.717) is 25.6 Å². The third-order valence-corrected chi connectivity index (χ3v) is 6.01. The number of nitrogens with one attached hydrogen (secondary N) is 3. The average Bonchev–Trinajstić information content (AvgIpc) is 3.27.